The van der Waals surface area contributed by atoms with Gasteiger partial charge in [0.25, 0.3) is 0 Å². The van der Waals surface area contributed by atoms with Crippen molar-refractivity contribution in [3.63, 3.8) is 0 Å². The Morgan fingerprint density at radius 2 is 1.82 bits per heavy atom. The summed E-state index contributed by atoms with van der Waals surface area (Å²) in [6.07, 6.45) is 5.76. The second-order valence-corrected chi connectivity index (χ2v) is 4.76. The third kappa shape index (κ3) is 11.7. The van der Waals surface area contributed by atoms with Crippen LogP contribution in [0.25, 0.3) is 0 Å². The standard InChI is InChI=1S/C13H26NO2.ClH/c1-5-13(15)16-12-10-8-7-9-11-14(3,4)6-2;/h5H,1,6-12H2,2-4H3;1H/q+1;/p-1. The smallest absolute Gasteiger partial charge is 0.330 e. The fourth-order valence-corrected chi connectivity index (χ4v) is 1.39. The Morgan fingerprint density at radius 3 is 2.35 bits per heavy atom. The molecule has 0 amide bonds. The molecule has 0 fully saturated rings. The summed E-state index contributed by atoms with van der Waals surface area (Å²) in [5.41, 5.74) is 0. The highest BCUT2D eigenvalue weighted by Gasteiger charge is 2.09. The highest BCUT2D eigenvalue weighted by molar-refractivity contribution is 5.81. The molecule has 0 heterocycles. The van der Waals surface area contributed by atoms with Crippen LogP contribution in [0.2, 0.25) is 0 Å². The van der Waals surface area contributed by atoms with E-state index in [1.807, 2.05) is 0 Å². The molecule has 0 radical (unpaired) electrons. The average molecular weight is 264 g/mol. The Bertz CT molecular complexity index is 217. The number of rotatable bonds is 9. The molecule has 0 aromatic heterocycles. The van der Waals surface area contributed by atoms with E-state index in [9.17, 15) is 4.79 Å². The van der Waals surface area contributed by atoms with Crippen LogP contribution in [0.5, 0.6) is 0 Å². The van der Waals surface area contributed by atoms with Gasteiger partial charge >= 0.3 is 5.97 Å². The quantitative estimate of drug-likeness (QED) is 0.240. The lowest BCUT2D eigenvalue weighted by molar-refractivity contribution is -0.888. The monoisotopic (exact) mass is 263 g/mol. The number of carbonyl (C=O) groups is 1. The van der Waals surface area contributed by atoms with Gasteiger partial charge in [-0.1, -0.05) is 6.58 Å². The molecule has 17 heavy (non-hydrogen) atoms. The summed E-state index contributed by atoms with van der Waals surface area (Å²) in [6, 6.07) is 0. The third-order valence-corrected chi connectivity index (χ3v) is 2.92. The summed E-state index contributed by atoms with van der Waals surface area (Å²) >= 11 is 0. The van der Waals surface area contributed by atoms with Crippen LogP contribution in [0, 0.1) is 0 Å². The molecule has 0 aliphatic carbocycles. The van der Waals surface area contributed by atoms with Gasteiger partial charge in [0.15, 0.2) is 0 Å². The van der Waals surface area contributed by atoms with E-state index in [0.717, 1.165) is 17.3 Å². The van der Waals surface area contributed by atoms with E-state index in [1.165, 1.54) is 32.0 Å². The maximum absolute atomic E-state index is 10.7. The minimum Gasteiger partial charge on any atom is -1.00 e. The highest BCUT2D eigenvalue weighted by atomic mass is 35.5. The lowest BCUT2D eigenvalue weighted by atomic mass is 10.2. The molecule has 0 saturated carbocycles. The maximum atomic E-state index is 10.7. The Kier molecular flexibility index (Phi) is 11.7. The number of halogens is 1. The largest absolute Gasteiger partial charge is 1.00 e. The van der Waals surface area contributed by atoms with Gasteiger partial charge in [0.1, 0.15) is 0 Å². The number of quaternary nitrogens is 1. The van der Waals surface area contributed by atoms with Gasteiger partial charge in [-0.15, -0.1) is 0 Å². The first kappa shape index (κ1) is 18.8. The molecule has 0 spiro atoms. The van der Waals surface area contributed by atoms with Crippen molar-refractivity contribution >= 4 is 5.97 Å². The fraction of sp³-hybridized carbons (Fsp3) is 0.769. The first-order chi connectivity index (χ1) is 7.52. The van der Waals surface area contributed by atoms with Crippen LogP contribution < -0.4 is 12.4 Å². The average Bonchev–Trinajstić information content (AvgIpc) is 2.27. The summed E-state index contributed by atoms with van der Waals surface area (Å²) < 4.78 is 5.99. The number of hydrogen-bond acceptors (Lipinski definition) is 2. The van der Waals surface area contributed by atoms with E-state index in [2.05, 4.69) is 27.6 Å². The minimum atomic E-state index is -0.316. The Labute approximate surface area is 112 Å². The van der Waals surface area contributed by atoms with Crippen molar-refractivity contribution in [3.8, 4) is 0 Å². The second kappa shape index (κ2) is 10.6. The van der Waals surface area contributed by atoms with Crippen molar-refractivity contribution in [3.05, 3.63) is 12.7 Å². The Balaban J connectivity index is 0. The number of hydrogen-bond donors (Lipinski definition) is 0. The van der Waals surface area contributed by atoms with Crippen molar-refractivity contribution < 1.29 is 26.4 Å². The van der Waals surface area contributed by atoms with Crippen molar-refractivity contribution in [1.29, 1.82) is 0 Å². The van der Waals surface area contributed by atoms with Gasteiger partial charge in [0.05, 0.1) is 33.8 Å². The molecule has 0 aromatic rings. The molecule has 0 aliphatic rings. The fourth-order valence-electron chi connectivity index (χ4n) is 1.39. The molecule has 0 saturated heterocycles. The van der Waals surface area contributed by atoms with Crippen LogP contribution in [0.3, 0.4) is 0 Å². The maximum Gasteiger partial charge on any atom is 0.330 e. The lowest BCUT2D eigenvalue weighted by Gasteiger charge is -2.28. The van der Waals surface area contributed by atoms with E-state index >= 15 is 0 Å². The predicted molar refractivity (Wildman–Crippen MR) is 67.1 cm³/mol. The molecule has 0 rings (SSSR count). The van der Waals surface area contributed by atoms with Gasteiger partial charge in [-0.25, -0.2) is 4.79 Å². The molecule has 0 aromatic carbocycles. The SMILES string of the molecule is C=CC(=O)OCCCCCC[N+](C)(C)CC.[Cl-]. The number of carbonyl (C=O) groups excluding carboxylic acids is 1. The summed E-state index contributed by atoms with van der Waals surface area (Å²) in [7, 11) is 4.51. The minimum absolute atomic E-state index is 0. The zero-order valence-electron chi connectivity index (χ0n) is 11.4. The Hall–Kier alpha value is -0.540. The first-order valence-corrected chi connectivity index (χ1v) is 6.13. The normalized spacial score (nSPS) is 10.5. The summed E-state index contributed by atoms with van der Waals surface area (Å²) in [6.45, 7) is 8.49. The molecule has 3 nitrogen and oxygen atoms in total. The van der Waals surface area contributed by atoms with Crippen molar-refractivity contribution in [2.24, 2.45) is 0 Å². The molecule has 0 bridgehead atoms. The molecular formula is C13H26ClNO2. The summed E-state index contributed by atoms with van der Waals surface area (Å²) in [5, 5.41) is 0. The Morgan fingerprint density at radius 1 is 1.24 bits per heavy atom. The van der Waals surface area contributed by atoms with Gasteiger partial charge in [-0.3, -0.25) is 0 Å². The van der Waals surface area contributed by atoms with Crippen molar-refractivity contribution in [1.82, 2.24) is 0 Å². The van der Waals surface area contributed by atoms with Gasteiger partial charge in [0.2, 0.25) is 0 Å². The van der Waals surface area contributed by atoms with Crippen LogP contribution in [-0.2, 0) is 9.53 Å². The predicted octanol–water partition coefficient (Wildman–Crippen LogP) is -0.624. The molecule has 0 atom stereocenters. The van der Waals surface area contributed by atoms with E-state index in [1.54, 1.807) is 0 Å². The number of ether oxygens (including phenoxy) is 1. The number of unbranched alkanes of at least 4 members (excludes halogenated alkanes) is 3. The topological polar surface area (TPSA) is 26.3 Å². The van der Waals surface area contributed by atoms with Crippen LogP contribution in [0.1, 0.15) is 32.6 Å². The number of nitrogens with zero attached hydrogens (tertiary/aromatic N) is 1. The summed E-state index contributed by atoms with van der Waals surface area (Å²) in [5.74, 6) is -0.316. The lowest BCUT2D eigenvalue weighted by Crippen LogP contribution is -3.00. The van der Waals surface area contributed by atoms with Crippen LogP contribution >= 0.6 is 0 Å². The van der Waals surface area contributed by atoms with Crippen LogP contribution in [0.4, 0.5) is 0 Å². The van der Waals surface area contributed by atoms with Gasteiger partial charge in [-0.05, 0) is 32.6 Å². The highest BCUT2D eigenvalue weighted by Crippen LogP contribution is 2.05. The van der Waals surface area contributed by atoms with Crippen LogP contribution in [-0.4, -0.2) is 44.2 Å². The molecule has 4 heteroatoms. The molecule has 0 aliphatic heterocycles. The molecule has 102 valence electrons. The number of esters is 1. The van der Waals surface area contributed by atoms with Gasteiger partial charge in [-0.2, -0.15) is 0 Å². The molecule has 0 N–H and O–H groups in total. The summed E-state index contributed by atoms with van der Waals surface area (Å²) in [4.78, 5) is 10.7. The first-order valence-electron chi connectivity index (χ1n) is 6.13. The second-order valence-electron chi connectivity index (χ2n) is 4.76. The van der Waals surface area contributed by atoms with E-state index in [-0.39, 0.29) is 18.4 Å². The van der Waals surface area contributed by atoms with Gasteiger partial charge in [0, 0.05) is 6.08 Å². The van der Waals surface area contributed by atoms with Crippen LogP contribution in [0.15, 0.2) is 12.7 Å². The molecular weight excluding hydrogens is 238 g/mol. The zero-order chi connectivity index (χ0) is 12.4. The van der Waals surface area contributed by atoms with E-state index < -0.39 is 0 Å². The third-order valence-electron chi connectivity index (χ3n) is 2.92. The van der Waals surface area contributed by atoms with E-state index in [0.29, 0.717) is 6.61 Å². The van der Waals surface area contributed by atoms with E-state index in [4.69, 9.17) is 4.74 Å². The van der Waals surface area contributed by atoms with Crippen molar-refractivity contribution in [2.75, 3.05) is 33.8 Å². The zero-order valence-corrected chi connectivity index (χ0v) is 12.1. The molecule has 0 unspecified atom stereocenters. The van der Waals surface area contributed by atoms with Crippen molar-refractivity contribution in [2.45, 2.75) is 32.6 Å². The van der Waals surface area contributed by atoms with Gasteiger partial charge < -0.3 is 21.6 Å².